The minimum Gasteiger partial charge on any atom is -0.327 e. The van der Waals surface area contributed by atoms with Gasteiger partial charge >= 0.3 is 0 Å². The molecule has 0 amide bonds. The number of rotatable bonds is 2. The van der Waals surface area contributed by atoms with Crippen LogP contribution in [-0.4, -0.2) is 30.6 Å². The number of hydrogen-bond acceptors (Lipinski definition) is 2. The molecule has 1 atom stereocenters. The maximum Gasteiger partial charge on any atom is 0.0139 e. The lowest BCUT2D eigenvalue weighted by Gasteiger charge is -2.23. The van der Waals surface area contributed by atoms with Crippen molar-refractivity contribution in [2.24, 2.45) is 5.73 Å². The normalized spacial score (nSPS) is 24.5. The molecule has 2 heteroatoms. The minimum absolute atomic E-state index is 0.334. The second kappa shape index (κ2) is 6.39. The lowest BCUT2D eigenvalue weighted by Crippen LogP contribution is -2.36. The first-order chi connectivity index (χ1) is 6.29. The molecule has 0 radical (unpaired) electrons. The molecule has 0 saturated carbocycles. The summed E-state index contributed by atoms with van der Waals surface area (Å²) in [7, 11) is 0. The predicted molar refractivity (Wildman–Crippen MR) is 57.8 cm³/mol. The summed E-state index contributed by atoms with van der Waals surface area (Å²) in [6.07, 6.45) is 8.43. The Morgan fingerprint density at radius 3 is 1.92 bits per heavy atom. The third-order valence-electron chi connectivity index (χ3n) is 2.74. The molecule has 78 valence electrons. The van der Waals surface area contributed by atoms with Gasteiger partial charge in [-0.1, -0.05) is 25.7 Å². The van der Waals surface area contributed by atoms with E-state index in [1.807, 2.05) is 0 Å². The van der Waals surface area contributed by atoms with Crippen LogP contribution in [0.15, 0.2) is 0 Å². The van der Waals surface area contributed by atoms with Gasteiger partial charge in [0.05, 0.1) is 0 Å². The van der Waals surface area contributed by atoms with Crippen LogP contribution in [0.5, 0.6) is 0 Å². The maximum absolute atomic E-state index is 5.81. The van der Waals surface area contributed by atoms with Gasteiger partial charge in [0.1, 0.15) is 0 Å². The van der Waals surface area contributed by atoms with Crippen LogP contribution in [-0.2, 0) is 0 Å². The quantitative estimate of drug-likeness (QED) is 0.711. The molecular weight excluding hydrogens is 160 g/mol. The van der Waals surface area contributed by atoms with E-state index >= 15 is 0 Å². The van der Waals surface area contributed by atoms with Crippen molar-refractivity contribution in [1.29, 1.82) is 0 Å². The van der Waals surface area contributed by atoms with Crippen molar-refractivity contribution in [1.82, 2.24) is 4.90 Å². The van der Waals surface area contributed by atoms with Crippen molar-refractivity contribution in [3.63, 3.8) is 0 Å². The van der Waals surface area contributed by atoms with Gasteiger partial charge in [0.15, 0.2) is 0 Å². The summed E-state index contributed by atoms with van der Waals surface area (Å²) >= 11 is 0. The van der Waals surface area contributed by atoms with Crippen LogP contribution >= 0.6 is 0 Å². The molecule has 1 saturated heterocycles. The summed E-state index contributed by atoms with van der Waals surface area (Å²) in [5, 5.41) is 0. The molecule has 1 aliphatic heterocycles. The molecule has 1 aliphatic rings. The van der Waals surface area contributed by atoms with Crippen LogP contribution in [0.1, 0.15) is 45.4 Å². The molecule has 0 aromatic rings. The van der Waals surface area contributed by atoms with E-state index in [1.165, 1.54) is 51.6 Å². The smallest absolute Gasteiger partial charge is 0.0139 e. The molecule has 0 aliphatic carbocycles. The lowest BCUT2D eigenvalue weighted by molar-refractivity contribution is 0.256. The highest BCUT2D eigenvalue weighted by molar-refractivity contribution is 4.66. The fraction of sp³-hybridized carbons (Fsp3) is 1.00. The molecule has 2 N–H and O–H groups in total. The van der Waals surface area contributed by atoms with Gasteiger partial charge in [-0.15, -0.1) is 0 Å². The Hall–Kier alpha value is -0.0800. The molecule has 13 heavy (non-hydrogen) atoms. The van der Waals surface area contributed by atoms with Crippen molar-refractivity contribution in [2.75, 3.05) is 19.6 Å². The van der Waals surface area contributed by atoms with E-state index in [0.717, 1.165) is 6.54 Å². The van der Waals surface area contributed by atoms with E-state index in [-0.39, 0.29) is 0 Å². The van der Waals surface area contributed by atoms with Crippen molar-refractivity contribution < 1.29 is 0 Å². The van der Waals surface area contributed by atoms with E-state index in [2.05, 4.69) is 11.8 Å². The zero-order chi connectivity index (χ0) is 9.52. The Bertz CT molecular complexity index is 113. The van der Waals surface area contributed by atoms with Gasteiger partial charge in [-0.2, -0.15) is 0 Å². The topological polar surface area (TPSA) is 29.3 Å². The minimum atomic E-state index is 0.334. The van der Waals surface area contributed by atoms with Gasteiger partial charge in [0.2, 0.25) is 0 Å². The zero-order valence-electron chi connectivity index (χ0n) is 8.97. The Kier molecular flexibility index (Phi) is 5.40. The predicted octanol–water partition coefficient (Wildman–Crippen LogP) is 1.99. The maximum atomic E-state index is 5.81. The van der Waals surface area contributed by atoms with Gasteiger partial charge in [-0.3, -0.25) is 0 Å². The highest BCUT2D eigenvalue weighted by Crippen LogP contribution is 2.10. The second-order valence-corrected chi connectivity index (χ2v) is 4.40. The van der Waals surface area contributed by atoms with Gasteiger partial charge in [-0.25, -0.2) is 0 Å². The van der Waals surface area contributed by atoms with Gasteiger partial charge in [0.25, 0.3) is 0 Å². The first kappa shape index (κ1) is 11.0. The van der Waals surface area contributed by atoms with E-state index in [9.17, 15) is 0 Å². The molecule has 2 nitrogen and oxygen atoms in total. The van der Waals surface area contributed by atoms with E-state index in [0.29, 0.717) is 6.04 Å². The average Bonchev–Trinajstić information content (AvgIpc) is 2.17. The lowest BCUT2D eigenvalue weighted by atomic mass is 10.1. The van der Waals surface area contributed by atoms with Crippen molar-refractivity contribution in [2.45, 2.75) is 51.5 Å². The van der Waals surface area contributed by atoms with E-state index in [4.69, 9.17) is 5.73 Å². The van der Waals surface area contributed by atoms with Crippen molar-refractivity contribution >= 4 is 0 Å². The molecular formula is C11H24N2. The Morgan fingerprint density at radius 2 is 1.46 bits per heavy atom. The number of nitrogens with two attached hydrogens (primary N) is 1. The third kappa shape index (κ3) is 5.27. The van der Waals surface area contributed by atoms with E-state index < -0.39 is 0 Å². The molecule has 0 spiro atoms. The molecule has 0 bridgehead atoms. The molecule has 1 rings (SSSR count). The van der Waals surface area contributed by atoms with Crippen LogP contribution in [0.3, 0.4) is 0 Å². The fourth-order valence-corrected chi connectivity index (χ4v) is 2.08. The molecule has 0 aromatic heterocycles. The molecule has 1 fully saturated rings. The SMILES string of the molecule is CC(N)CN1CCCCCCCC1. The average molecular weight is 184 g/mol. The summed E-state index contributed by atoms with van der Waals surface area (Å²) in [5.41, 5.74) is 5.81. The summed E-state index contributed by atoms with van der Waals surface area (Å²) in [4.78, 5) is 2.54. The van der Waals surface area contributed by atoms with Crippen molar-refractivity contribution in [3.8, 4) is 0 Å². The van der Waals surface area contributed by atoms with Crippen molar-refractivity contribution in [3.05, 3.63) is 0 Å². The van der Waals surface area contributed by atoms with Gasteiger partial charge < -0.3 is 10.6 Å². The van der Waals surface area contributed by atoms with Gasteiger partial charge in [0, 0.05) is 12.6 Å². The van der Waals surface area contributed by atoms with Gasteiger partial charge in [-0.05, 0) is 32.9 Å². The summed E-state index contributed by atoms with van der Waals surface area (Å²) in [6, 6.07) is 0.334. The third-order valence-corrected chi connectivity index (χ3v) is 2.74. The van der Waals surface area contributed by atoms with Crippen LogP contribution in [0.2, 0.25) is 0 Å². The Balaban J connectivity index is 2.24. The number of nitrogens with zero attached hydrogens (tertiary/aromatic N) is 1. The van der Waals surface area contributed by atoms with E-state index in [1.54, 1.807) is 0 Å². The standard InChI is InChI=1S/C11H24N2/c1-11(12)10-13-8-6-4-2-3-5-7-9-13/h11H,2-10,12H2,1H3. The zero-order valence-corrected chi connectivity index (χ0v) is 8.97. The van der Waals surface area contributed by atoms with Crippen LogP contribution in [0.25, 0.3) is 0 Å². The fourth-order valence-electron chi connectivity index (χ4n) is 2.08. The molecule has 1 unspecified atom stereocenters. The Labute approximate surface area is 82.5 Å². The monoisotopic (exact) mass is 184 g/mol. The summed E-state index contributed by atoms with van der Waals surface area (Å²) in [6.45, 7) is 5.72. The molecule has 1 heterocycles. The highest BCUT2D eigenvalue weighted by Gasteiger charge is 2.08. The summed E-state index contributed by atoms with van der Waals surface area (Å²) in [5.74, 6) is 0. The second-order valence-electron chi connectivity index (χ2n) is 4.40. The van der Waals surface area contributed by atoms with Crippen LogP contribution in [0.4, 0.5) is 0 Å². The molecule has 0 aromatic carbocycles. The highest BCUT2D eigenvalue weighted by atomic mass is 15.1. The largest absolute Gasteiger partial charge is 0.327 e. The number of hydrogen-bond donors (Lipinski definition) is 1. The first-order valence-electron chi connectivity index (χ1n) is 5.77. The Morgan fingerprint density at radius 1 is 1.00 bits per heavy atom. The summed E-state index contributed by atoms with van der Waals surface area (Å²) < 4.78 is 0. The van der Waals surface area contributed by atoms with Crippen LogP contribution in [0, 0.1) is 0 Å². The van der Waals surface area contributed by atoms with Crippen LogP contribution < -0.4 is 5.73 Å². The first-order valence-corrected chi connectivity index (χ1v) is 5.77.